The van der Waals surface area contributed by atoms with E-state index in [2.05, 4.69) is 18.1 Å². The predicted octanol–water partition coefficient (Wildman–Crippen LogP) is 1.08. The van der Waals surface area contributed by atoms with Crippen molar-refractivity contribution in [3.63, 3.8) is 0 Å². The maximum absolute atomic E-state index is 9.37. The van der Waals surface area contributed by atoms with Gasteiger partial charge >= 0.3 is 0 Å². The number of para-hydroxylation sites is 1. The topological polar surface area (TPSA) is 58.3 Å². The maximum Gasteiger partial charge on any atom is 0.124 e. The monoisotopic (exact) mass is 182 g/mol. The van der Waals surface area contributed by atoms with Gasteiger partial charge in [0.25, 0.3) is 0 Å². The fourth-order valence-corrected chi connectivity index (χ4v) is 1.10. The first-order chi connectivity index (χ1) is 5.79. The zero-order valence-electron chi connectivity index (χ0n) is 6.36. The molecule has 0 bridgehead atoms. The van der Waals surface area contributed by atoms with Crippen molar-refractivity contribution in [1.82, 2.24) is 5.43 Å². The molecule has 0 saturated carbocycles. The molecule has 0 aliphatic heterocycles. The Balaban J connectivity index is 3.10. The number of thiol groups is 1. The molecule has 12 heavy (non-hydrogen) atoms. The summed E-state index contributed by atoms with van der Waals surface area (Å²) in [7, 11) is 0. The molecule has 0 unspecified atom stereocenters. The van der Waals surface area contributed by atoms with E-state index in [0.717, 1.165) is 0 Å². The molecule has 1 rings (SSSR count). The van der Waals surface area contributed by atoms with Crippen LogP contribution in [0.2, 0.25) is 0 Å². The Labute approximate surface area is 76.3 Å². The van der Waals surface area contributed by atoms with E-state index in [-0.39, 0.29) is 5.75 Å². The second-order valence-electron chi connectivity index (χ2n) is 2.20. The van der Waals surface area contributed by atoms with Crippen molar-refractivity contribution in [2.24, 2.45) is 5.84 Å². The van der Waals surface area contributed by atoms with E-state index in [1.165, 1.54) is 5.41 Å². The largest absolute Gasteiger partial charge is 0.507 e. The Hall–Kier alpha value is -1.13. The number of hydrazine groups is 1. The van der Waals surface area contributed by atoms with Crippen LogP contribution in [0.5, 0.6) is 5.75 Å². The average Bonchev–Trinajstić information content (AvgIpc) is 2.10. The minimum atomic E-state index is 0.177. The zero-order chi connectivity index (χ0) is 8.97. The first-order valence-electron chi connectivity index (χ1n) is 3.39. The van der Waals surface area contributed by atoms with Crippen LogP contribution in [-0.4, -0.2) is 5.11 Å². The molecule has 0 heterocycles. The van der Waals surface area contributed by atoms with Crippen LogP contribution in [0.3, 0.4) is 0 Å². The number of hydrogen-bond acceptors (Lipinski definition) is 4. The normalized spacial score (nSPS) is 11.3. The Kier molecular flexibility index (Phi) is 3.01. The molecule has 4 heteroatoms. The second kappa shape index (κ2) is 4.04. The summed E-state index contributed by atoms with van der Waals surface area (Å²) in [5.74, 6) is 5.38. The molecule has 0 saturated heterocycles. The standard InChI is InChI=1S/C8H10N2OS/c9-10-7(5-12)6-3-1-2-4-8(6)11/h1-5,10-12H,9H2/b7-5-. The summed E-state index contributed by atoms with van der Waals surface area (Å²) in [6.07, 6.45) is 0. The van der Waals surface area contributed by atoms with Gasteiger partial charge in [0.15, 0.2) is 0 Å². The van der Waals surface area contributed by atoms with Crippen LogP contribution in [0.1, 0.15) is 5.56 Å². The SMILES string of the molecule is NN/C(=C\S)c1ccccc1O. The number of nitrogens with one attached hydrogen (secondary N) is 1. The third kappa shape index (κ3) is 1.72. The Morgan fingerprint density at radius 1 is 1.50 bits per heavy atom. The van der Waals surface area contributed by atoms with Crippen LogP contribution in [-0.2, 0) is 0 Å². The van der Waals surface area contributed by atoms with Crippen LogP contribution in [0.25, 0.3) is 5.70 Å². The third-order valence-electron chi connectivity index (χ3n) is 1.48. The molecule has 3 nitrogen and oxygen atoms in total. The molecule has 0 fully saturated rings. The highest BCUT2D eigenvalue weighted by molar-refractivity contribution is 7.83. The van der Waals surface area contributed by atoms with Crippen LogP contribution in [0.15, 0.2) is 29.7 Å². The van der Waals surface area contributed by atoms with Gasteiger partial charge in [-0.3, -0.25) is 5.84 Å². The predicted molar refractivity (Wildman–Crippen MR) is 52.4 cm³/mol. The van der Waals surface area contributed by atoms with Gasteiger partial charge in [-0.1, -0.05) is 12.1 Å². The Morgan fingerprint density at radius 3 is 2.67 bits per heavy atom. The van der Waals surface area contributed by atoms with Crippen molar-refractivity contribution in [3.05, 3.63) is 35.2 Å². The summed E-state index contributed by atoms with van der Waals surface area (Å²) >= 11 is 3.94. The summed E-state index contributed by atoms with van der Waals surface area (Å²) in [4.78, 5) is 0. The zero-order valence-corrected chi connectivity index (χ0v) is 7.25. The molecule has 64 valence electrons. The number of phenols is 1. The summed E-state index contributed by atoms with van der Waals surface area (Å²) in [5.41, 5.74) is 3.65. The van der Waals surface area contributed by atoms with Gasteiger partial charge < -0.3 is 10.5 Å². The molecule has 0 aliphatic rings. The van der Waals surface area contributed by atoms with E-state index in [1.54, 1.807) is 18.2 Å². The van der Waals surface area contributed by atoms with E-state index in [0.29, 0.717) is 11.3 Å². The maximum atomic E-state index is 9.37. The summed E-state index contributed by atoms with van der Waals surface area (Å²) < 4.78 is 0. The number of rotatable bonds is 2. The molecule has 4 N–H and O–H groups in total. The van der Waals surface area contributed by atoms with Crippen molar-refractivity contribution in [1.29, 1.82) is 0 Å². The van der Waals surface area contributed by atoms with Gasteiger partial charge in [-0.15, -0.1) is 12.6 Å². The van der Waals surface area contributed by atoms with Crippen LogP contribution < -0.4 is 11.3 Å². The molecule has 0 atom stereocenters. The minimum Gasteiger partial charge on any atom is -0.507 e. The van der Waals surface area contributed by atoms with Gasteiger partial charge in [0, 0.05) is 5.56 Å². The van der Waals surface area contributed by atoms with Crippen LogP contribution in [0, 0.1) is 0 Å². The fourth-order valence-electron chi connectivity index (χ4n) is 0.886. The van der Waals surface area contributed by atoms with E-state index in [1.807, 2.05) is 6.07 Å². The number of benzene rings is 1. The quantitative estimate of drug-likeness (QED) is 0.314. The van der Waals surface area contributed by atoms with E-state index in [9.17, 15) is 5.11 Å². The van der Waals surface area contributed by atoms with Gasteiger partial charge in [0.1, 0.15) is 5.75 Å². The highest BCUT2D eigenvalue weighted by atomic mass is 32.1. The molecule has 0 radical (unpaired) electrons. The van der Waals surface area contributed by atoms with Gasteiger partial charge in [0.05, 0.1) is 5.70 Å². The summed E-state index contributed by atoms with van der Waals surface area (Å²) in [6.45, 7) is 0. The number of phenolic OH excluding ortho intramolecular Hbond substituents is 1. The number of hydrogen-bond donors (Lipinski definition) is 4. The molecular weight excluding hydrogens is 172 g/mol. The Morgan fingerprint density at radius 2 is 2.17 bits per heavy atom. The lowest BCUT2D eigenvalue weighted by Gasteiger charge is -2.06. The van der Waals surface area contributed by atoms with Gasteiger partial charge in [-0.25, -0.2) is 0 Å². The summed E-state index contributed by atoms with van der Waals surface area (Å²) in [5, 5.41) is 10.9. The van der Waals surface area contributed by atoms with Crippen LogP contribution in [0.4, 0.5) is 0 Å². The van der Waals surface area contributed by atoms with Crippen molar-refractivity contribution in [2.75, 3.05) is 0 Å². The second-order valence-corrected chi connectivity index (χ2v) is 2.46. The smallest absolute Gasteiger partial charge is 0.124 e. The third-order valence-corrected chi connectivity index (χ3v) is 1.74. The minimum absolute atomic E-state index is 0.177. The molecule has 1 aromatic carbocycles. The highest BCUT2D eigenvalue weighted by Crippen LogP contribution is 2.22. The van der Waals surface area contributed by atoms with Crippen molar-refractivity contribution in [3.8, 4) is 5.75 Å². The van der Waals surface area contributed by atoms with Gasteiger partial charge in [0.2, 0.25) is 0 Å². The van der Waals surface area contributed by atoms with Crippen LogP contribution >= 0.6 is 12.6 Å². The van der Waals surface area contributed by atoms with Crippen molar-refractivity contribution in [2.45, 2.75) is 0 Å². The first-order valence-corrected chi connectivity index (χ1v) is 3.90. The summed E-state index contributed by atoms with van der Waals surface area (Å²) in [6, 6.07) is 6.89. The van der Waals surface area contributed by atoms with E-state index >= 15 is 0 Å². The van der Waals surface area contributed by atoms with Crippen molar-refractivity contribution >= 4 is 18.3 Å². The molecule has 1 aromatic rings. The molecule has 0 spiro atoms. The molecule has 0 aliphatic carbocycles. The Bertz CT molecular complexity index is 299. The lowest BCUT2D eigenvalue weighted by atomic mass is 10.1. The number of nitrogens with two attached hydrogens (primary N) is 1. The average molecular weight is 182 g/mol. The highest BCUT2D eigenvalue weighted by Gasteiger charge is 2.02. The van der Waals surface area contributed by atoms with E-state index < -0.39 is 0 Å². The lowest BCUT2D eigenvalue weighted by Crippen LogP contribution is -2.19. The fraction of sp³-hybridized carbons (Fsp3) is 0. The van der Waals surface area contributed by atoms with Gasteiger partial charge in [-0.2, -0.15) is 0 Å². The number of aromatic hydroxyl groups is 1. The molecule has 0 aromatic heterocycles. The van der Waals surface area contributed by atoms with E-state index in [4.69, 9.17) is 5.84 Å². The van der Waals surface area contributed by atoms with Gasteiger partial charge in [-0.05, 0) is 17.5 Å². The lowest BCUT2D eigenvalue weighted by molar-refractivity contribution is 0.473. The first kappa shape index (κ1) is 8.96. The molecule has 0 amide bonds. The molecular formula is C8H10N2OS. The van der Waals surface area contributed by atoms with Crippen molar-refractivity contribution < 1.29 is 5.11 Å².